The van der Waals surface area contributed by atoms with Crippen LogP contribution in [0.15, 0.2) is 0 Å². The van der Waals surface area contributed by atoms with Crippen molar-refractivity contribution in [3.63, 3.8) is 0 Å². The summed E-state index contributed by atoms with van der Waals surface area (Å²) < 4.78 is 0. The molecule has 1 saturated heterocycles. The Kier molecular flexibility index (Phi) is 5.50. The lowest BCUT2D eigenvalue weighted by atomic mass is 9.73. The maximum Gasteiger partial charge on any atom is 0.0119 e. The lowest BCUT2D eigenvalue weighted by molar-refractivity contribution is 0.161. The van der Waals surface area contributed by atoms with Crippen molar-refractivity contribution in [3.05, 3.63) is 0 Å². The molecule has 0 bridgehead atoms. The molecule has 0 aromatic carbocycles. The van der Waals surface area contributed by atoms with E-state index in [9.17, 15) is 0 Å². The molecule has 1 unspecified atom stereocenters. The first kappa shape index (κ1) is 14.3. The van der Waals surface area contributed by atoms with Crippen LogP contribution < -0.4 is 5.32 Å². The highest BCUT2D eigenvalue weighted by Crippen LogP contribution is 2.35. The number of likely N-dealkylation sites (tertiary alicyclic amines) is 1. The van der Waals surface area contributed by atoms with Gasteiger partial charge in [-0.15, -0.1) is 0 Å². The molecule has 1 atom stereocenters. The molecule has 1 aliphatic heterocycles. The maximum atomic E-state index is 3.84. The van der Waals surface area contributed by atoms with Crippen molar-refractivity contribution in [1.29, 1.82) is 0 Å². The Hall–Kier alpha value is -0.0800. The first-order valence-corrected chi connectivity index (χ1v) is 8.14. The van der Waals surface area contributed by atoms with Gasteiger partial charge in [-0.3, -0.25) is 0 Å². The van der Waals surface area contributed by atoms with Crippen LogP contribution in [0.25, 0.3) is 0 Å². The molecule has 2 aliphatic rings. The van der Waals surface area contributed by atoms with Crippen LogP contribution in [0.3, 0.4) is 0 Å². The van der Waals surface area contributed by atoms with Gasteiger partial charge in [0.05, 0.1) is 0 Å². The number of nitrogens with zero attached hydrogens (tertiary/aromatic N) is 1. The van der Waals surface area contributed by atoms with Crippen molar-refractivity contribution < 1.29 is 0 Å². The molecule has 106 valence electrons. The Morgan fingerprint density at radius 1 is 1.00 bits per heavy atom. The van der Waals surface area contributed by atoms with Crippen LogP contribution >= 0.6 is 0 Å². The van der Waals surface area contributed by atoms with Gasteiger partial charge < -0.3 is 10.2 Å². The molecule has 1 N–H and O–H groups in total. The van der Waals surface area contributed by atoms with Crippen molar-refractivity contribution in [3.8, 4) is 0 Å². The third kappa shape index (κ3) is 4.24. The quantitative estimate of drug-likeness (QED) is 0.825. The summed E-state index contributed by atoms with van der Waals surface area (Å²) in [5.74, 6) is 0. The lowest BCUT2D eigenvalue weighted by Gasteiger charge is -2.39. The normalized spacial score (nSPS) is 30.0. The SMILES string of the molecule is CC1(C)CCCCC1NCCN1CCCCCC1. The Labute approximate surface area is 114 Å². The Morgan fingerprint density at radius 2 is 1.72 bits per heavy atom. The monoisotopic (exact) mass is 252 g/mol. The highest BCUT2D eigenvalue weighted by molar-refractivity contribution is 4.87. The van der Waals surface area contributed by atoms with Gasteiger partial charge in [-0.1, -0.05) is 39.5 Å². The van der Waals surface area contributed by atoms with Crippen LogP contribution in [-0.4, -0.2) is 37.1 Å². The van der Waals surface area contributed by atoms with E-state index in [1.807, 2.05) is 0 Å². The Morgan fingerprint density at radius 3 is 2.39 bits per heavy atom. The van der Waals surface area contributed by atoms with Crippen LogP contribution in [0.5, 0.6) is 0 Å². The first-order valence-electron chi connectivity index (χ1n) is 8.14. The molecule has 0 radical (unpaired) electrons. The second-order valence-electron chi connectivity index (χ2n) is 7.00. The van der Waals surface area contributed by atoms with Crippen LogP contribution in [0, 0.1) is 5.41 Å². The molecule has 2 rings (SSSR count). The Bertz CT molecular complexity index is 229. The predicted molar refractivity (Wildman–Crippen MR) is 78.9 cm³/mol. The molecule has 2 fully saturated rings. The number of rotatable bonds is 4. The lowest BCUT2D eigenvalue weighted by Crippen LogP contribution is -2.46. The molecule has 1 heterocycles. The molecular formula is C16H32N2. The molecule has 1 aliphatic carbocycles. The van der Waals surface area contributed by atoms with Gasteiger partial charge in [0.1, 0.15) is 0 Å². The maximum absolute atomic E-state index is 3.84. The summed E-state index contributed by atoms with van der Waals surface area (Å²) in [6.45, 7) is 9.98. The largest absolute Gasteiger partial charge is 0.312 e. The summed E-state index contributed by atoms with van der Waals surface area (Å²) in [4.78, 5) is 2.66. The third-order valence-electron chi connectivity index (χ3n) is 5.02. The van der Waals surface area contributed by atoms with E-state index in [4.69, 9.17) is 0 Å². The topological polar surface area (TPSA) is 15.3 Å². The molecule has 18 heavy (non-hydrogen) atoms. The minimum Gasteiger partial charge on any atom is -0.312 e. The molecule has 1 saturated carbocycles. The predicted octanol–water partition coefficient (Wildman–Crippen LogP) is 3.42. The smallest absolute Gasteiger partial charge is 0.0119 e. The minimum absolute atomic E-state index is 0.511. The average Bonchev–Trinajstić information content (AvgIpc) is 2.60. The van der Waals surface area contributed by atoms with E-state index in [-0.39, 0.29) is 0 Å². The van der Waals surface area contributed by atoms with Crippen LogP contribution in [-0.2, 0) is 0 Å². The Balaban J connectivity index is 1.67. The fraction of sp³-hybridized carbons (Fsp3) is 1.00. The zero-order chi connectivity index (χ0) is 12.8. The van der Waals surface area contributed by atoms with Crippen LogP contribution in [0.1, 0.15) is 65.2 Å². The second kappa shape index (κ2) is 6.91. The highest BCUT2D eigenvalue weighted by atomic mass is 15.1. The average molecular weight is 252 g/mol. The van der Waals surface area contributed by atoms with Crippen molar-refractivity contribution >= 4 is 0 Å². The zero-order valence-electron chi connectivity index (χ0n) is 12.5. The van der Waals surface area contributed by atoms with E-state index in [0.29, 0.717) is 5.41 Å². The van der Waals surface area contributed by atoms with Gasteiger partial charge >= 0.3 is 0 Å². The van der Waals surface area contributed by atoms with E-state index in [0.717, 1.165) is 6.04 Å². The zero-order valence-corrected chi connectivity index (χ0v) is 12.5. The van der Waals surface area contributed by atoms with Gasteiger partial charge in [0, 0.05) is 19.1 Å². The highest BCUT2D eigenvalue weighted by Gasteiger charge is 2.31. The van der Waals surface area contributed by atoms with Crippen LogP contribution in [0.2, 0.25) is 0 Å². The van der Waals surface area contributed by atoms with Crippen LogP contribution in [0.4, 0.5) is 0 Å². The summed E-state index contributed by atoms with van der Waals surface area (Å²) in [5.41, 5.74) is 0.511. The summed E-state index contributed by atoms with van der Waals surface area (Å²) in [6.07, 6.45) is 11.3. The number of hydrogen-bond donors (Lipinski definition) is 1. The van der Waals surface area contributed by atoms with Gasteiger partial charge in [-0.25, -0.2) is 0 Å². The van der Waals surface area contributed by atoms with Crippen molar-refractivity contribution in [2.24, 2.45) is 5.41 Å². The minimum atomic E-state index is 0.511. The second-order valence-corrected chi connectivity index (χ2v) is 7.00. The van der Waals surface area contributed by atoms with Crippen molar-refractivity contribution in [1.82, 2.24) is 10.2 Å². The molecule has 2 nitrogen and oxygen atoms in total. The summed E-state index contributed by atoms with van der Waals surface area (Å²) >= 11 is 0. The van der Waals surface area contributed by atoms with E-state index >= 15 is 0 Å². The summed E-state index contributed by atoms with van der Waals surface area (Å²) in [6, 6.07) is 0.748. The van der Waals surface area contributed by atoms with Crippen molar-refractivity contribution in [2.45, 2.75) is 71.3 Å². The van der Waals surface area contributed by atoms with Gasteiger partial charge in [0.2, 0.25) is 0 Å². The molecule has 0 amide bonds. The molecule has 0 aromatic heterocycles. The van der Waals surface area contributed by atoms with Gasteiger partial charge in [-0.05, 0) is 44.2 Å². The fourth-order valence-corrected chi connectivity index (χ4v) is 3.63. The molecule has 0 spiro atoms. The fourth-order valence-electron chi connectivity index (χ4n) is 3.63. The standard InChI is InChI=1S/C16H32N2/c1-16(2)10-6-5-9-15(16)17-11-14-18-12-7-3-4-8-13-18/h15,17H,3-14H2,1-2H3. The van der Waals surface area contributed by atoms with Gasteiger partial charge in [-0.2, -0.15) is 0 Å². The van der Waals surface area contributed by atoms with E-state index in [2.05, 4.69) is 24.1 Å². The van der Waals surface area contributed by atoms with E-state index in [1.165, 1.54) is 77.5 Å². The molecule has 2 heteroatoms. The number of hydrogen-bond acceptors (Lipinski definition) is 2. The van der Waals surface area contributed by atoms with E-state index < -0.39 is 0 Å². The van der Waals surface area contributed by atoms with Gasteiger partial charge in [0.25, 0.3) is 0 Å². The number of nitrogens with one attached hydrogen (secondary N) is 1. The first-order chi connectivity index (χ1) is 8.68. The molecular weight excluding hydrogens is 220 g/mol. The van der Waals surface area contributed by atoms with E-state index in [1.54, 1.807) is 0 Å². The summed E-state index contributed by atoms with van der Waals surface area (Å²) in [7, 11) is 0. The van der Waals surface area contributed by atoms with Crippen molar-refractivity contribution in [2.75, 3.05) is 26.2 Å². The van der Waals surface area contributed by atoms with Gasteiger partial charge in [0.15, 0.2) is 0 Å². The third-order valence-corrected chi connectivity index (χ3v) is 5.02. The summed E-state index contributed by atoms with van der Waals surface area (Å²) in [5, 5.41) is 3.84. The molecule has 0 aromatic rings.